The average Bonchev–Trinajstić information content (AvgIpc) is 3.00. The zero-order valence-corrected chi connectivity index (χ0v) is 15.1. The SMILES string of the molecule is COCCn1c(Nc2cccc(C(=O)O)c2)nc2cc(C(F)(F)F)c(C#N)cc21. The first kappa shape index (κ1) is 20.2. The molecule has 2 N–H and O–H groups in total. The normalized spacial score (nSPS) is 11.4. The van der Waals surface area contributed by atoms with Gasteiger partial charge in [-0.3, -0.25) is 0 Å². The van der Waals surface area contributed by atoms with Crippen LogP contribution in [0.4, 0.5) is 24.8 Å². The van der Waals surface area contributed by atoms with E-state index in [2.05, 4.69) is 10.3 Å². The molecule has 1 heterocycles. The Morgan fingerprint density at radius 3 is 2.72 bits per heavy atom. The first-order chi connectivity index (χ1) is 13.7. The highest BCUT2D eigenvalue weighted by molar-refractivity contribution is 5.89. The molecule has 0 saturated heterocycles. The third-order valence-corrected chi connectivity index (χ3v) is 4.20. The molecule has 2 aromatic carbocycles. The van der Waals surface area contributed by atoms with E-state index in [1.807, 2.05) is 0 Å². The van der Waals surface area contributed by atoms with Gasteiger partial charge in [-0.05, 0) is 30.3 Å². The molecule has 0 aliphatic carbocycles. The summed E-state index contributed by atoms with van der Waals surface area (Å²) in [4.78, 5) is 15.4. The van der Waals surface area contributed by atoms with E-state index in [9.17, 15) is 18.0 Å². The first-order valence-corrected chi connectivity index (χ1v) is 8.35. The molecule has 0 saturated carbocycles. The van der Waals surface area contributed by atoms with E-state index in [0.717, 1.165) is 12.1 Å². The standard InChI is InChI=1S/C19H15F3N4O3/c1-29-6-5-26-16-8-12(10-23)14(19(20,21)22)9-15(16)25-18(26)24-13-4-2-3-11(7-13)17(27)28/h2-4,7-9H,5-6H2,1H3,(H,24,25)(H,27,28). The number of rotatable bonds is 6. The molecule has 0 unspecified atom stereocenters. The monoisotopic (exact) mass is 404 g/mol. The molecule has 0 atom stereocenters. The van der Waals surface area contributed by atoms with Crippen molar-refractivity contribution in [1.29, 1.82) is 5.26 Å². The number of alkyl halides is 3. The lowest BCUT2D eigenvalue weighted by Crippen LogP contribution is -2.10. The number of carboxylic acid groups (broad SMARTS) is 1. The zero-order chi connectivity index (χ0) is 21.2. The third kappa shape index (κ3) is 4.14. The number of halogens is 3. The fourth-order valence-electron chi connectivity index (χ4n) is 2.86. The highest BCUT2D eigenvalue weighted by Crippen LogP contribution is 2.35. The maximum atomic E-state index is 13.3. The van der Waals surface area contributed by atoms with Crippen molar-refractivity contribution in [2.45, 2.75) is 12.7 Å². The first-order valence-electron chi connectivity index (χ1n) is 8.35. The number of methoxy groups -OCH3 is 1. The highest BCUT2D eigenvalue weighted by Gasteiger charge is 2.34. The molecule has 0 bridgehead atoms. The summed E-state index contributed by atoms with van der Waals surface area (Å²) in [5, 5.41) is 21.2. The molecule has 0 aliphatic rings. The number of nitrogens with one attached hydrogen (secondary N) is 1. The summed E-state index contributed by atoms with van der Waals surface area (Å²) < 4.78 is 46.4. The number of fused-ring (bicyclic) bond motifs is 1. The predicted molar refractivity (Wildman–Crippen MR) is 98.0 cm³/mol. The van der Waals surface area contributed by atoms with Crippen LogP contribution < -0.4 is 5.32 Å². The van der Waals surface area contributed by atoms with Crippen LogP contribution in [0.5, 0.6) is 0 Å². The number of hydrogen-bond acceptors (Lipinski definition) is 5. The van der Waals surface area contributed by atoms with Crippen molar-refractivity contribution in [1.82, 2.24) is 9.55 Å². The minimum atomic E-state index is -4.70. The van der Waals surface area contributed by atoms with Crippen molar-refractivity contribution in [2.75, 3.05) is 19.0 Å². The molecule has 0 fully saturated rings. The summed E-state index contributed by atoms with van der Waals surface area (Å²) in [6.45, 7) is 0.502. The summed E-state index contributed by atoms with van der Waals surface area (Å²) in [5.74, 6) is -0.919. The molecule has 0 aliphatic heterocycles. The van der Waals surface area contributed by atoms with Crippen molar-refractivity contribution in [3.05, 3.63) is 53.1 Å². The van der Waals surface area contributed by atoms with Gasteiger partial charge in [-0.25, -0.2) is 9.78 Å². The Morgan fingerprint density at radius 2 is 2.10 bits per heavy atom. The van der Waals surface area contributed by atoms with Crippen LogP contribution in [-0.4, -0.2) is 34.3 Å². The molecule has 0 amide bonds. The number of aromatic carboxylic acids is 1. The summed E-state index contributed by atoms with van der Waals surface area (Å²) in [7, 11) is 1.48. The van der Waals surface area contributed by atoms with E-state index >= 15 is 0 Å². The van der Waals surface area contributed by atoms with Crippen molar-refractivity contribution < 1.29 is 27.8 Å². The van der Waals surface area contributed by atoms with Crippen molar-refractivity contribution in [3.63, 3.8) is 0 Å². The summed E-state index contributed by atoms with van der Waals surface area (Å²) >= 11 is 0. The second-order valence-electron chi connectivity index (χ2n) is 6.09. The molecule has 7 nitrogen and oxygen atoms in total. The lowest BCUT2D eigenvalue weighted by atomic mass is 10.1. The van der Waals surface area contributed by atoms with E-state index in [-0.39, 0.29) is 30.2 Å². The fraction of sp³-hybridized carbons (Fsp3) is 0.211. The maximum Gasteiger partial charge on any atom is 0.417 e. The van der Waals surface area contributed by atoms with Gasteiger partial charge in [-0.15, -0.1) is 0 Å². The molecule has 1 aromatic heterocycles. The van der Waals surface area contributed by atoms with Crippen LogP contribution in [0.3, 0.4) is 0 Å². The number of nitrogens with zero attached hydrogens (tertiary/aromatic N) is 3. The summed E-state index contributed by atoms with van der Waals surface area (Å²) in [6, 6.07) is 9.48. The minimum absolute atomic E-state index is 0.0423. The van der Waals surface area contributed by atoms with Crippen LogP contribution in [0.2, 0.25) is 0 Å². The van der Waals surface area contributed by atoms with Crippen LogP contribution in [0, 0.1) is 11.3 Å². The van der Waals surface area contributed by atoms with E-state index in [0.29, 0.717) is 11.2 Å². The van der Waals surface area contributed by atoms with Crippen LogP contribution in [-0.2, 0) is 17.5 Å². The number of hydrogen-bond donors (Lipinski definition) is 2. The largest absolute Gasteiger partial charge is 0.478 e. The Bertz CT molecular complexity index is 1120. The van der Waals surface area contributed by atoms with Crippen molar-refractivity contribution in [3.8, 4) is 6.07 Å². The van der Waals surface area contributed by atoms with Crippen LogP contribution in [0.25, 0.3) is 11.0 Å². The van der Waals surface area contributed by atoms with Gasteiger partial charge in [0.1, 0.15) is 0 Å². The van der Waals surface area contributed by atoms with Gasteiger partial charge in [0.05, 0.1) is 40.4 Å². The van der Waals surface area contributed by atoms with Crippen LogP contribution >= 0.6 is 0 Å². The predicted octanol–water partition coefficient (Wildman–Crippen LogP) is 4.01. The molecule has 10 heteroatoms. The second kappa shape index (κ2) is 7.81. The number of nitriles is 1. The van der Waals surface area contributed by atoms with E-state index in [1.54, 1.807) is 16.7 Å². The average molecular weight is 404 g/mol. The van der Waals surface area contributed by atoms with Gasteiger partial charge in [0.25, 0.3) is 0 Å². The topological polar surface area (TPSA) is 100 Å². The third-order valence-electron chi connectivity index (χ3n) is 4.20. The molecule has 0 spiro atoms. The molecule has 29 heavy (non-hydrogen) atoms. The van der Waals surface area contributed by atoms with Crippen molar-refractivity contribution >= 4 is 28.6 Å². The molecule has 3 aromatic rings. The Hall–Kier alpha value is -3.58. The Balaban J connectivity index is 2.14. The Kier molecular flexibility index (Phi) is 5.43. The van der Waals surface area contributed by atoms with Gasteiger partial charge in [0.2, 0.25) is 5.95 Å². The summed E-state index contributed by atoms with van der Waals surface area (Å²) in [5.41, 5.74) is -0.768. The number of carboxylic acids is 1. The van der Waals surface area contributed by atoms with Gasteiger partial charge in [0, 0.05) is 19.3 Å². The number of benzene rings is 2. The molecule has 0 radical (unpaired) electrons. The van der Waals surface area contributed by atoms with Crippen LogP contribution in [0.15, 0.2) is 36.4 Å². The lowest BCUT2D eigenvalue weighted by molar-refractivity contribution is -0.137. The number of anilines is 2. The Morgan fingerprint density at radius 1 is 1.34 bits per heavy atom. The molecule has 150 valence electrons. The van der Waals surface area contributed by atoms with E-state index in [4.69, 9.17) is 15.1 Å². The Labute approximate surface area is 163 Å². The highest BCUT2D eigenvalue weighted by atomic mass is 19.4. The van der Waals surface area contributed by atoms with Crippen LogP contribution in [0.1, 0.15) is 21.5 Å². The second-order valence-corrected chi connectivity index (χ2v) is 6.09. The van der Waals surface area contributed by atoms with E-state index < -0.39 is 23.3 Å². The molecule has 3 rings (SSSR count). The smallest absolute Gasteiger partial charge is 0.417 e. The minimum Gasteiger partial charge on any atom is -0.478 e. The fourth-order valence-corrected chi connectivity index (χ4v) is 2.86. The van der Waals surface area contributed by atoms with Gasteiger partial charge < -0.3 is 19.7 Å². The van der Waals surface area contributed by atoms with Gasteiger partial charge in [0.15, 0.2) is 0 Å². The maximum absolute atomic E-state index is 13.3. The number of carbonyl (C=O) groups is 1. The summed E-state index contributed by atoms with van der Waals surface area (Å²) in [6.07, 6.45) is -4.70. The quantitative estimate of drug-likeness (QED) is 0.644. The van der Waals surface area contributed by atoms with Gasteiger partial charge in [-0.1, -0.05) is 6.07 Å². The van der Waals surface area contributed by atoms with Gasteiger partial charge in [-0.2, -0.15) is 18.4 Å². The molecular weight excluding hydrogens is 389 g/mol. The lowest BCUT2D eigenvalue weighted by Gasteiger charge is -2.12. The van der Waals surface area contributed by atoms with Crippen molar-refractivity contribution in [2.24, 2.45) is 0 Å². The van der Waals surface area contributed by atoms with Gasteiger partial charge >= 0.3 is 12.1 Å². The zero-order valence-electron chi connectivity index (χ0n) is 15.1. The number of imidazole rings is 1. The van der Waals surface area contributed by atoms with E-state index in [1.165, 1.54) is 25.3 Å². The number of ether oxygens (including phenoxy) is 1. The number of aromatic nitrogens is 2. The molecular formula is C19H15F3N4O3.